The number of alkyl carbamates (subject to hydrolysis) is 1. The van der Waals surface area contributed by atoms with Crippen molar-refractivity contribution in [3.05, 3.63) is 0 Å². The quantitative estimate of drug-likeness (QED) is 0.791. The van der Waals surface area contributed by atoms with E-state index in [9.17, 15) is 14.4 Å². The third-order valence-electron chi connectivity index (χ3n) is 3.78. The van der Waals surface area contributed by atoms with Crippen LogP contribution in [0.1, 0.15) is 47.5 Å². The van der Waals surface area contributed by atoms with Crippen LogP contribution in [-0.2, 0) is 14.3 Å². The van der Waals surface area contributed by atoms with Gasteiger partial charge >= 0.3 is 6.09 Å². The van der Waals surface area contributed by atoms with Gasteiger partial charge in [-0.15, -0.1) is 0 Å². The molecular weight excluding hydrogens is 286 g/mol. The monoisotopic (exact) mass is 313 g/mol. The summed E-state index contributed by atoms with van der Waals surface area (Å²) in [6.07, 6.45) is 0.643. The van der Waals surface area contributed by atoms with Crippen LogP contribution in [0, 0.1) is 5.92 Å². The van der Waals surface area contributed by atoms with Gasteiger partial charge < -0.3 is 20.7 Å². The van der Waals surface area contributed by atoms with Crippen molar-refractivity contribution in [3.8, 4) is 0 Å². The second-order valence-corrected chi connectivity index (χ2v) is 6.75. The van der Waals surface area contributed by atoms with Crippen LogP contribution < -0.4 is 11.1 Å². The van der Waals surface area contributed by atoms with E-state index in [1.54, 1.807) is 20.8 Å². The summed E-state index contributed by atoms with van der Waals surface area (Å²) in [5.74, 6) is -0.871. The first-order valence-electron chi connectivity index (χ1n) is 7.66. The number of nitrogens with zero attached hydrogens (tertiary/aromatic N) is 1. The van der Waals surface area contributed by atoms with Gasteiger partial charge in [-0.1, -0.05) is 20.3 Å². The molecule has 1 aliphatic rings. The standard InChI is InChI=1S/C15H27N3O4/c1-6-9(2)11(17-14(21)22-15(3,4)5)13(20)18-8-7-10(18)12(16)19/h9-11H,6-8H2,1-5H3,(H2,16,19)(H,17,21)/t9?,10-,11-/m0/s1. The second kappa shape index (κ2) is 6.98. The van der Waals surface area contributed by atoms with Gasteiger partial charge in [0.1, 0.15) is 17.7 Å². The molecule has 7 nitrogen and oxygen atoms in total. The molecule has 0 aromatic heterocycles. The van der Waals surface area contributed by atoms with Crippen molar-refractivity contribution >= 4 is 17.9 Å². The molecular formula is C15H27N3O4. The number of ether oxygens (including phenoxy) is 1. The van der Waals surface area contributed by atoms with Gasteiger partial charge in [-0.05, 0) is 33.1 Å². The average molecular weight is 313 g/mol. The zero-order valence-electron chi connectivity index (χ0n) is 14.0. The molecule has 0 aromatic carbocycles. The molecule has 126 valence electrons. The molecule has 1 fully saturated rings. The zero-order valence-corrected chi connectivity index (χ0v) is 14.0. The average Bonchev–Trinajstić information content (AvgIpc) is 2.30. The lowest BCUT2D eigenvalue weighted by atomic mass is 9.94. The Balaban J connectivity index is 2.78. The summed E-state index contributed by atoms with van der Waals surface area (Å²) in [5, 5.41) is 2.63. The van der Waals surface area contributed by atoms with Crippen molar-refractivity contribution in [3.63, 3.8) is 0 Å². The van der Waals surface area contributed by atoms with E-state index < -0.39 is 29.7 Å². The molecule has 22 heavy (non-hydrogen) atoms. The van der Waals surface area contributed by atoms with Gasteiger partial charge in [0.15, 0.2) is 0 Å². The Morgan fingerprint density at radius 1 is 1.36 bits per heavy atom. The van der Waals surface area contributed by atoms with E-state index in [1.165, 1.54) is 4.90 Å². The number of rotatable bonds is 5. The number of carbonyl (C=O) groups is 3. The summed E-state index contributed by atoms with van der Waals surface area (Å²) in [7, 11) is 0. The fraction of sp³-hybridized carbons (Fsp3) is 0.800. The van der Waals surface area contributed by atoms with Crippen LogP contribution in [0.25, 0.3) is 0 Å². The van der Waals surface area contributed by atoms with Crippen molar-refractivity contribution in [1.29, 1.82) is 0 Å². The number of nitrogens with one attached hydrogen (secondary N) is 1. The van der Waals surface area contributed by atoms with E-state index in [4.69, 9.17) is 10.5 Å². The topological polar surface area (TPSA) is 102 Å². The number of amides is 3. The van der Waals surface area contributed by atoms with Gasteiger partial charge in [-0.3, -0.25) is 9.59 Å². The predicted molar refractivity (Wildman–Crippen MR) is 81.9 cm³/mol. The van der Waals surface area contributed by atoms with Crippen LogP contribution >= 0.6 is 0 Å². The molecule has 1 rings (SSSR count). The van der Waals surface area contributed by atoms with Gasteiger partial charge in [-0.25, -0.2) is 4.79 Å². The van der Waals surface area contributed by atoms with Crippen molar-refractivity contribution in [1.82, 2.24) is 10.2 Å². The molecule has 1 unspecified atom stereocenters. The molecule has 3 amide bonds. The predicted octanol–water partition coefficient (Wildman–Crippen LogP) is 1.01. The van der Waals surface area contributed by atoms with Crippen LogP contribution in [0.5, 0.6) is 0 Å². The Kier molecular flexibility index (Phi) is 5.79. The van der Waals surface area contributed by atoms with Crippen molar-refractivity contribution < 1.29 is 19.1 Å². The largest absolute Gasteiger partial charge is 0.444 e. The fourth-order valence-corrected chi connectivity index (χ4v) is 2.24. The van der Waals surface area contributed by atoms with E-state index in [1.807, 2.05) is 13.8 Å². The number of likely N-dealkylation sites (tertiary alicyclic amines) is 1. The van der Waals surface area contributed by atoms with Gasteiger partial charge in [0.05, 0.1) is 0 Å². The number of hydrogen-bond acceptors (Lipinski definition) is 4. The van der Waals surface area contributed by atoms with E-state index in [0.29, 0.717) is 19.4 Å². The number of primary amides is 1. The lowest BCUT2D eigenvalue weighted by molar-refractivity contribution is -0.148. The second-order valence-electron chi connectivity index (χ2n) is 6.75. The Bertz CT molecular complexity index is 445. The van der Waals surface area contributed by atoms with E-state index >= 15 is 0 Å². The van der Waals surface area contributed by atoms with Crippen LogP contribution in [0.2, 0.25) is 0 Å². The Labute approximate surface area is 131 Å². The molecule has 0 radical (unpaired) electrons. The van der Waals surface area contributed by atoms with E-state index in [2.05, 4.69) is 5.32 Å². The molecule has 0 aliphatic carbocycles. The molecule has 0 aromatic rings. The van der Waals surface area contributed by atoms with Gasteiger partial charge in [-0.2, -0.15) is 0 Å². The van der Waals surface area contributed by atoms with Gasteiger partial charge in [0.25, 0.3) is 0 Å². The molecule has 3 N–H and O–H groups in total. The minimum Gasteiger partial charge on any atom is -0.444 e. The molecule has 0 bridgehead atoms. The van der Waals surface area contributed by atoms with Gasteiger partial charge in [0.2, 0.25) is 11.8 Å². The highest BCUT2D eigenvalue weighted by Crippen LogP contribution is 2.21. The first kappa shape index (κ1) is 18.3. The number of hydrogen-bond donors (Lipinski definition) is 2. The van der Waals surface area contributed by atoms with E-state index in [-0.39, 0.29) is 11.8 Å². The maximum absolute atomic E-state index is 12.6. The molecule has 0 saturated carbocycles. The molecule has 1 aliphatic heterocycles. The lowest BCUT2D eigenvalue weighted by Crippen LogP contribution is -2.63. The molecule has 1 saturated heterocycles. The molecule has 3 atom stereocenters. The third-order valence-corrected chi connectivity index (χ3v) is 3.78. The Hall–Kier alpha value is -1.79. The Morgan fingerprint density at radius 3 is 2.32 bits per heavy atom. The zero-order chi connectivity index (χ0) is 17.1. The molecule has 1 heterocycles. The third kappa shape index (κ3) is 4.61. The van der Waals surface area contributed by atoms with Gasteiger partial charge in [0, 0.05) is 6.54 Å². The Morgan fingerprint density at radius 2 is 1.95 bits per heavy atom. The summed E-state index contributed by atoms with van der Waals surface area (Å²) in [6.45, 7) is 9.55. The van der Waals surface area contributed by atoms with Crippen LogP contribution in [0.3, 0.4) is 0 Å². The fourth-order valence-electron chi connectivity index (χ4n) is 2.24. The SMILES string of the molecule is CCC(C)[C@H](NC(=O)OC(C)(C)C)C(=O)N1CC[C@H]1C(N)=O. The molecule has 7 heteroatoms. The number of carbonyl (C=O) groups excluding carboxylic acids is 3. The van der Waals surface area contributed by atoms with Crippen LogP contribution in [-0.4, -0.2) is 47.0 Å². The molecule has 0 spiro atoms. The van der Waals surface area contributed by atoms with Crippen LogP contribution in [0.15, 0.2) is 0 Å². The van der Waals surface area contributed by atoms with Crippen molar-refractivity contribution in [2.45, 2.75) is 65.1 Å². The van der Waals surface area contributed by atoms with E-state index in [0.717, 1.165) is 0 Å². The highest BCUT2D eigenvalue weighted by atomic mass is 16.6. The van der Waals surface area contributed by atoms with Crippen molar-refractivity contribution in [2.75, 3.05) is 6.54 Å². The van der Waals surface area contributed by atoms with Crippen molar-refractivity contribution in [2.24, 2.45) is 11.7 Å². The summed E-state index contributed by atoms with van der Waals surface area (Å²) in [4.78, 5) is 37.2. The summed E-state index contributed by atoms with van der Waals surface area (Å²) in [6, 6.07) is -1.29. The first-order chi connectivity index (χ1) is 10.1. The minimum atomic E-state index is -0.720. The summed E-state index contributed by atoms with van der Waals surface area (Å²) < 4.78 is 5.21. The number of nitrogens with two attached hydrogens (primary N) is 1. The maximum atomic E-state index is 12.6. The normalized spacial score (nSPS) is 20.6. The maximum Gasteiger partial charge on any atom is 0.408 e. The highest BCUT2D eigenvalue weighted by molar-refractivity contribution is 5.92. The summed E-state index contributed by atoms with van der Waals surface area (Å²) in [5.41, 5.74) is 4.64. The van der Waals surface area contributed by atoms with Crippen LogP contribution in [0.4, 0.5) is 4.79 Å². The highest BCUT2D eigenvalue weighted by Gasteiger charge is 2.41. The minimum absolute atomic E-state index is 0.0749. The smallest absolute Gasteiger partial charge is 0.408 e. The lowest BCUT2D eigenvalue weighted by Gasteiger charge is -2.41. The first-order valence-corrected chi connectivity index (χ1v) is 7.66. The summed E-state index contributed by atoms with van der Waals surface area (Å²) >= 11 is 0.